The Morgan fingerprint density at radius 3 is 1.82 bits per heavy atom. The summed E-state index contributed by atoms with van der Waals surface area (Å²) in [7, 11) is 0.433. The van der Waals surface area contributed by atoms with Crippen molar-refractivity contribution >= 4 is 20.3 Å². The van der Waals surface area contributed by atoms with E-state index in [0.29, 0.717) is 49.4 Å². The van der Waals surface area contributed by atoms with Gasteiger partial charge in [-0.05, 0) is 52.7 Å². The number of benzene rings is 1. The molecule has 8 nitrogen and oxygen atoms in total. The molecule has 0 bridgehead atoms. The minimum absolute atomic E-state index is 0.195. The molecule has 39 heavy (non-hydrogen) atoms. The van der Waals surface area contributed by atoms with Crippen molar-refractivity contribution in [1.82, 2.24) is 15.3 Å². The third-order valence-corrected chi connectivity index (χ3v) is 8.47. The zero-order valence-electron chi connectivity index (χ0n) is 24.8. The summed E-state index contributed by atoms with van der Waals surface area (Å²) in [5.74, 6) is -0.444. The highest BCUT2D eigenvalue weighted by Crippen LogP contribution is 2.46. The van der Waals surface area contributed by atoms with Crippen LogP contribution in [-0.4, -0.2) is 55.4 Å². The Kier molecular flexibility index (Phi) is 19.5. The van der Waals surface area contributed by atoms with E-state index in [4.69, 9.17) is 14.3 Å². The summed E-state index contributed by atoms with van der Waals surface area (Å²) >= 11 is 0. The molecular formula is C30H51N4O4P. The van der Waals surface area contributed by atoms with Crippen molar-refractivity contribution in [2.75, 3.05) is 26.8 Å². The van der Waals surface area contributed by atoms with Gasteiger partial charge < -0.3 is 19.7 Å². The fourth-order valence-corrected chi connectivity index (χ4v) is 6.04. The summed E-state index contributed by atoms with van der Waals surface area (Å²) in [6.45, 7) is 10.4. The van der Waals surface area contributed by atoms with Gasteiger partial charge in [0.2, 0.25) is 0 Å². The van der Waals surface area contributed by atoms with Crippen LogP contribution in [0.3, 0.4) is 0 Å². The van der Waals surface area contributed by atoms with E-state index in [-0.39, 0.29) is 11.8 Å². The minimum atomic E-state index is -1.13. The van der Waals surface area contributed by atoms with Crippen LogP contribution >= 0.6 is 8.53 Å². The molecule has 0 saturated carbocycles. The molecule has 9 heteroatoms. The van der Waals surface area contributed by atoms with Gasteiger partial charge in [-0.1, -0.05) is 63.5 Å². The van der Waals surface area contributed by atoms with Crippen molar-refractivity contribution in [3.8, 4) is 6.07 Å². The number of nitrogens with one attached hydrogen (secondary N) is 2. The molecule has 220 valence electrons. The maximum atomic E-state index is 12.4. The van der Waals surface area contributed by atoms with Gasteiger partial charge >= 0.3 is 0 Å². The Morgan fingerprint density at radius 1 is 0.821 bits per heavy atom. The maximum Gasteiger partial charge on any atom is 0.259 e. The SMILES string of the molecule is CNC(=O)c1ccccc1C(=O)NCCCCCCCCCCCCOP(OCCC#N)N(C(C)C)C(C)C. The number of nitriles is 1. The number of unbranched alkanes of at least 4 members (excludes halogenated alkanes) is 9. The lowest BCUT2D eigenvalue weighted by atomic mass is 10.1. The van der Waals surface area contributed by atoms with Crippen molar-refractivity contribution < 1.29 is 18.6 Å². The van der Waals surface area contributed by atoms with E-state index in [1.54, 1.807) is 31.3 Å². The zero-order chi connectivity index (χ0) is 28.9. The lowest BCUT2D eigenvalue weighted by Gasteiger charge is -2.35. The maximum absolute atomic E-state index is 12.4. The van der Waals surface area contributed by atoms with E-state index in [1.807, 2.05) is 0 Å². The molecule has 0 aliphatic carbocycles. The highest BCUT2D eigenvalue weighted by atomic mass is 31.2. The van der Waals surface area contributed by atoms with Crippen molar-refractivity contribution in [2.24, 2.45) is 0 Å². The lowest BCUT2D eigenvalue weighted by molar-refractivity contribution is 0.0923. The van der Waals surface area contributed by atoms with E-state index >= 15 is 0 Å². The highest BCUT2D eigenvalue weighted by molar-refractivity contribution is 7.44. The van der Waals surface area contributed by atoms with Gasteiger partial charge in [0.15, 0.2) is 0 Å². The molecule has 0 radical (unpaired) electrons. The Hall–Kier alpha value is -2.04. The summed E-state index contributed by atoms with van der Waals surface area (Å²) in [6.07, 6.45) is 12.0. The summed E-state index contributed by atoms with van der Waals surface area (Å²) in [4.78, 5) is 24.4. The molecule has 0 fully saturated rings. The molecular weight excluding hydrogens is 511 g/mol. The van der Waals surface area contributed by atoms with Crippen LogP contribution < -0.4 is 10.6 Å². The molecule has 2 amide bonds. The van der Waals surface area contributed by atoms with Crippen molar-refractivity contribution in [3.63, 3.8) is 0 Å². The zero-order valence-corrected chi connectivity index (χ0v) is 25.7. The first-order chi connectivity index (χ1) is 18.8. The second-order valence-electron chi connectivity index (χ2n) is 10.3. The summed E-state index contributed by atoms with van der Waals surface area (Å²) in [6, 6.07) is 9.68. The fourth-order valence-electron chi connectivity index (χ4n) is 4.41. The molecule has 0 aromatic heterocycles. The van der Waals surface area contributed by atoms with E-state index < -0.39 is 8.53 Å². The van der Waals surface area contributed by atoms with Crippen molar-refractivity contribution in [3.05, 3.63) is 35.4 Å². The molecule has 1 atom stereocenters. The number of carbonyl (C=O) groups is 2. The molecule has 0 saturated heterocycles. The van der Waals surface area contributed by atoms with Crippen molar-refractivity contribution in [1.29, 1.82) is 5.26 Å². The van der Waals surface area contributed by atoms with Crippen LogP contribution in [0.15, 0.2) is 24.3 Å². The predicted octanol–water partition coefficient (Wildman–Crippen LogP) is 6.97. The number of hydrogen-bond donors (Lipinski definition) is 2. The number of carbonyl (C=O) groups excluding carboxylic acids is 2. The molecule has 0 aliphatic rings. The third kappa shape index (κ3) is 14.8. The number of amides is 2. The average Bonchev–Trinajstić information content (AvgIpc) is 2.92. The predicted molar refractivity (Wildman–Crippen MR) is 160 cm³/mol. The molecule has 1 aromatic rings. The van der Waals surface area contributed by atoms with Gasteiger partial charge in [0.25, 0.3) is 20.3 Å². The quantitative estimate of drug-likeness (QED) is 0.117. The Labute approximate surface area is 238 Å². The first kappa shape index (κ1) is 35.0. The monoisotopic (exact) mass is 562 g/mol. The van der Waals surface area contributed by atoms with Crippen LogP contribution in [0.5, 0.6) is 0 Å². The number of rotatable bonds is 22. The molecule has 2 N–H and O–H groups in total. The van der Waals surface area contributed by atoms with E-state index in [0.717, 1.165) is 25.7 Å². The second kappa shape index (κ2) is 21.7. The van der Waals surface area contributed by atoms with Gasteiger partial charge in [0.1, 0.15) is 0 Å². The van der Waals surface area contributed by atoms with Gasteiger partial charge in [0, 0.05) is 25.7 Å². The van der Waals surface area contributed by atoms with E-state index in [2.05, 4.69) is 49.1 Å². The van der Waals surface area contributed by atoms with Gasteiger partial charge in [-0.2, -0.15) is 5.26 Å². The molecule has 1 aromatic carbocycles. The molecule has 0 spiro atoms. The largest absolute Gasteiger partial charge is 0.355 e. The number of nitrogens with zero attached hydrogens (tertiary/aromatic N) is 2. The average molecular weight is 563 g/mol. The van der Waals surface area contributed by atoms with Crippen LogP contribution in [-0.2, 0) is 9.05 Å². The lowest BCUT2D eigenvalue weighted by Crippen LogP contribution is -2.33. The standard InChI is InChI=1S/C30H51N4O4P/c1-25(2)34(26(3)4)39(38-24-18-21-31)37-23-17-13-11-9-7-6-8-10-12-16-22-33-30(36)28-20-15-14-19-27(28)29(35)32-5/h14-15,19-20,25-26H,6-13,16-18,22-24H2,1-5H3,(H,32,35)(H,33,36). The Bertz CT molecular complexity index is 852. The van der Waals surface area contributed by atoms with Gasteiger partial charge in [-0.15, -0.1) is 0 Å². The minimum Gasteiger partial charge on any atom is -0.355 e. The smallest absolute Gasteiger partial charge is 0.259 e. The Balaban J connectivity index is 2.09. The number of hydrogen-bond acceptors (Lipinski definition) is 6. The first-order valence-electron chi connectivity index (χ1n) is 14.6. The molecule has 1 unspecified atom stereocenters. The molecule has 0 aliphatic heterocycles. The van der Waals surface area contributed by atoms with Gasteiger partial charge in [-0.25, -0.2) is 4.67 Å². The second-order valence-corrected chi connectivity index (χ2v) is 11.7. The molecule has 1 rings (SSSR count). The third-order valence-electron chi connectivity index (χ3n) is 6.36. The topological polar surface area (TPSA) is 104 Å². The normalized spacial score (nSPS) is 12.1. The fraction of sp³-hybridized carbons (Fsp3) is 0.700. The van der Waals surface area contributed by atoms with Crippen LogP contribution in [0.2, 0.25) is 0 Å². The van der Waals surface area contributed by atoms with E-state index in [1.165, 1.54) is 38.5 Å². The summed E-state index contributed by atoms with van der Waals surface area (Å²) < 4.78 is 14.3. The van der Waals surface area contributed by atoms with Crippen LogP contribution in [0.1, 0.15) is 119 Å². The van der Waals surface area contributed by atoms with E-state index in [9.17, 15) is 9.59 Å². The van der Waals surface area contributed by atoms with Crippen LogP contribution in [0.25, 0.3) is 0 Å². The van der Waals surface area contributed by atoms with Gasteiger partial charge in [-0.3, -0.25) is 9.59 Å². The Morgan fingerprint density at radius 2 is 1.31 bits per heavy atom. The summed E-state index contributed by atoms with van der Waals surface area (Å²) in [5.41, 5.74) is 0.821. The van der Waals surface area contributed by atoms with Gasteiger partial charge in [0.05, 0.1) is 36.8 Å². The highest BCUT2D eigenvalue weighted by Gasteiger charge is 2.26. The molecule has 0 heterocycles. The van der Waals surface area contributed by atoms with Crippen LogP contribution in [0.4, 0.5) is 0 Å². The van der Waals surface area contributed by atoms with Crippen molar-refractivity contribution in [2.45, 2.75) is 110 Å². The van der Waals surface area contributed by atoms with Crippen LogP contribution in [0, 0.1) is 11.3 Å². The first-order valence-corrected chi connectivity index (χ1v) is 15.8. The summed E-state index contributed by atoms with van der Waals surface area (Å²) in [5, 5.41) is 14.3.